The molecule has 1 aromatic carbocycles. The number of nitrogens with one attached hydrogen (secondary N) is 1. The van der Waals surface area contributed by atoms with E-state index in [1.54, 1.807) is 6.07 Å². The molecular formula is C14H20BrFN2. The molecule has 0 saturated carbocycles. The van der Waals surface area contributed by atoms with Crippen molar-refractivity contribution in [2.24, 2.45) is 5.92 Å². The van der Waals surface area contributed by atoms with Crippen LogP contribution < -0.4 is 5.32 Å². The van der Waals surface area contributed by atoms with Crippen LogP contribution in [0.15, 0.2) is 22.7 Å². The van der Waals surface area contributed by atoms with E-state index in [9.17, 15) is 4.39 Å². The normalized spacial score (nSPS) is 24.7. The lowest BCUT2D eigenvalue weighted by Gasteiger charge is -2.26. The van der Waals surface area contributed by atoms with E-state index in [0.717, 1.165) is 36.1 Å². The summed E-state index contributed by atoms with van der Waals surface area (Å²) in [5, 5.41) is 3.38. The minimum absolute atomic E-state index is 0.107. The Kier molecular flexibility index (Phi) is 4.76. The number of hydrogen-bond acceptors (Lipinski definition) is 2. The Morgan fingerprint density at radius 2 is 2.28 bits per heavy atom. The highest BCUT2D eigenvalue weighted by molar-refractivity contribution is 9.10. The second kappa shape index (κ2) is 6.13. The summed E-state index contributed by atoms with van der Waals surface area (Å²) in [7, 11) is 2.08. The van der Waals surface area contributed by atoms with Crippen molar-refractivity contribution in [3.05, 3.63) is 34.1 Å². The van der Waals surface area contributed by atoms with E-state index >= 15 is 0 Å². The summed E-state index contributed by atoms with van der Waals surface area (Å²) in [6.45, 7) is 5.07. The van der Waals surface area contributed by atoms with Crippen LogP contribution in [-0.2, 0) is 0 Å². The van der Waals surface area contributed by atoms with E-state index in [-0.39, 0.29) is 11.9 Å². The fourth-order valence-electron chi connectivity index (χ4n) is 2.80. The fraction of sp³-hybridized carbons (Fsp3) is 0.571. The van der Waals surface area contributed by atoms with Crippen LogP contribution in [0.25, 0.3) is 0 Å². The number of rotatable bonds is 4. The molecule has 0 bridgehead atoms. The lowest BCUT2D eigenvalue weighted by Crippen LogP contribution is -2.29. The average molecular weight is 315 g/mol. The van der Waals surface area contributed by atoms with Gasteiger partial charge in [-0.25, -0.2) is 4.39 Å². The summed E-state index contributed by atoms with van der Waals surface area (Å²) < 4.78 is 14.9. The zero-order valence-corrected chi connectivity index (χ0v) is 12.5. The van der Waals surface area contributed by atoms with Gasteiger partial charge in [-0.1, -0.05) is 28.9 Å². The third kappa shape index (κ3) is 2.92. The van der Waals surface area contributed by atoms with Crippen molar-refractivity contribution < 1.29 is 4.39 Å². The van der Waals surface area contributed by atoms with Gasteiger partial charge in [-0.05, 0) is 51.2 Å². The third-order valence-corrected chi connectivity index (χ3v) is 4.20. The van der Waals surface area contributed by atoms with Crippen LogP contribution in [0.5, 0.6) is 0 Å². The van der Waals surface area contributed by atoms with Gasteiger partial charge in [-0.3, -0.25) is 4.90 Å². The molecule has 1 saturated heterocycles. The van der Waals surface area contributed by atoms with E-state index in [1.165, 1.54) is 0 Å². The van der Waals surface area contributed by atoms with Gasteiger partial charge in [0, 0.05) is 16.1 Å². The maximum atomic E-state index is 14.1. The molecule has 100 valence electrons. The minimum Gasteiger partial charge on any atom is -0.317 e. The molecule has 2 unspecified atom stereocenters. The number of halogens is 2. The summed E-state index contributed by atoms with van der Waals surface area (Å²) in [4.78, 5) is 2.26. The standard InChI is InChI=1S/C14H20BrFN2/c1-3-17-9-10-6-7-18(2)14(10)12-5-4-11(15)8-13(12)16/h4-5,8,10,14,17H,3,6-7,9H2,1-2H3. The van der Waals surface area contributed by atoms with Crippen molar-refractivity contribution in [3.63, 3.8) is 0 Å². The first kappa shape index (κ1) is 14.0. The van der Waals surface area contributed by atoms with Crippen LogP contribution >= 0.6 is 15.9 Å². The van der Waals surface area contributed by atoms with Crippen molar-refractivity contribution in [2.75, 3.05) is 26.7 Å². The summed E-state index contributed by atoms with van der Waals surface area (Å²) in [6, 6.07) is 5.59. The van der Waals surface area contributed by atoms with Gasteiger partial charge in [0.25, 0.3) is 0 Å². The number of nitrogens with zero attached hydrogens (tertiary/aromatic N) is 1. The summed E-state index contributed by atoms with van der Waals surface area (Å²) >= 11 is 3.31. The molecule has 1 heterocycles. The van der Waals surface area contributed by atoms with Crippen molar-refractivity contribution in [1.82, 2.24) is 10.2 Å². The van der Waals surface area contributed by atoms with E-state index in [4.69, 9.17) is 0 Å². The number of hydrogen-bond donors (Lipinski definition) is 1. The highest BCUT2D eigenvalue weighted by Crippen LogP contribution is 2.37. The summed E-state index contributed by atoms with van der Waals surface area (Å²) in [5.74, 6) is 0.384. The predicted octanol–water partition coefficient (Wildman–Crippen LogP) is 3.19. The molecule has 1 fully saturated rings. The lowest BCUT2D eigenvalue weighted by atomic mass is 9.93. The van der Waals surface area contributed by atoms with Gasteiger partial charge in [0.05, 0.1) is 0 Å². The largest absolute Gasteiger partial charge is 0.317 e. The molecule has 4 heteroatoms. The van der Waals surface area contributed by atoms with Crippen LogP contribution in [0.1, 0.15) is 24.9 Å². The minimum atomic E-state index is -0.107. The van der Waals surface area contributed by atoms with Gasteiger partial charge in [-0.2, -0.15) is 0 Å². The molecule has 0 aliphatic carbocycles. The first-order valence-corrected chi connectivity index (χ1v) is 7.28. The van der Waals surface area contributed by atoms with Gasteiger partial charge >= 0.3 is 0 Å². The molecule has 1 aliphatic rings. The molecule has 2 rings (SSSR count). The maximum absolute atomic E-state index is 14.1. The van der Waals surface area contributed by atoms with E-state index in [1.807, 2.05) is 12.1 Å². The maximum Gasteiger partial charge on any atom is 0.129 e. The fourth-order valence-corrected chi connectivity index (χ4v) is 3.14. The van der Waals surface area contributed by atoms with Crippen LogP contribution in [0.4, 0.5) is 4.39 Å². The van der Waals surface area contributed by atoms with Crippen molar-refractivity contribution in [2.45, 2.75) is 19.4 Å². The molecule has 1 N–H and O–H groups in total. The van der Waals surface area contributed by atoms with E-state index in [2.05, 4.69) is 40.1 Å². The molecule has 18 heavy (non-hydrogen) atoms. The zero-order chi connectivity index (χ0) is 13.1. The van der Waals surface area contributed by atoms with E-state index in [0.29, 0.717) is 5.92 Å². The van der Waals surface area contributed by atoms with Gasteiger partial charge in [0.15, 0.2) is 0 Å². The first-order valence-electron chi connectivity index (χ1n) is 6.49. The summed E-state index contributed by atoms with van der Waals surface area (Å²) in [5.41, 5.74) is 0.820. The van der Waals surface area contributed by atoms with Crippen molar-refractivity contribution in [3.8, 4) is 0 Å². The Hall–Kier alpha value is -0.450. The first-order chi connectivity index (χ1) is 8.63. The van der Waals surface area contributed by atoms with Crippen molar-refractivity contribution in [1.29, 1.82) is 0 Å². The molecule has 1 aromatic rings. The second-order valence-corrected chi connectivity index (χ2v) is 5.86. The van der Waals surface area contributed by atoms with Crippen LogP contribution in [0.3, 0.4) is 0 Å². The Morgan fingerprint density at radius 1 is 1.50 bits per heavy atom. The SMILES string of the molecule is CCNCC1CCN(C)C1c1ccc(Br)cc1F. The highest BCUT2D eigenvalue weighted by Gasteiger charge is 2.34. The average Bonchev–Trinajstić information content (AvgIpc) is 2.68. The highest BCUT2D eigenvalue weighted by atomic mass is 79.9. The summed E-state index contributed by atoms with van der Waals surface area (Å²) in [6.07, 6.45) is 1.13. The molecule has 0 radical (unpaired) electrons. The lowest BCUT2D eigenvalue weighted by molar-refractivity contribution is 0.266. The third-order valence-electron chi connectivity index (χ3n) is 3.71. The Bertz CT molecular complexity index is 411. The molecule has 0 amide bonds. The van der Waals surface area contributed by atoms with Crippen molar-refractivity contribution >= 4 is 15.9 Å². The molecular weight excluding hydrogens is 295 g/mol. The van der Waals surface area contributed by atoms with E-state index < -0.39 is 0 Å². The molecule has 0 spiro atoms. The topological polar surface area (TPSA) is 15.3 Å². The Morgan fingerprint density at radius 3 is 2.94 bits per heavy atom. The van der Waals surface area contributed by atoms with Gasteiger partial charge in [0.1, 0.15) is 5.82 Å². The molecule has 2 atom stereocenters. The van der Waals surface area contributed by atoms with Crippen LogP contribution in [0.2, 0.25) is 0 Å². The zero-order valence-electron chi connectivity index (χ0n) is 10.9. The predicted molar refractivity (Wildman–Crippen MR) is 76.1 cm³/mol. The smallest absolute Gasteiger partial charge is 0.129 e. The molecule has 2 nitrogen and oxygen atoms in total. The quantitative estimate of drug-likeness (QED) is 0.918. The molecule has 0 aromatic heterocycles. The monoisotopic (exact) mass is 314 g/mol. The number of likely N-dealkylation sites (tertiary alicyclic amines) is 1. The Labute approximate surface area is 117 Å². The number of benzene rings is 1. The van der Waals surface area contributed by atoms with Crippen LogP contribution in [-0.4, -0.2) is 31.6 Å². The van der Waals surface area contributed by atoms with Gasteiger partial charge < -0.3 is 5.32 Å². The van der Waals surface area contributed by atoms with Gasteiger partial charge in [0.2, 0.25) is 0 Å². The Balaban J connectivity index is 2.22. The molecule has 1 aliphatic heterocycles. The van der Waals surface area contributed by atoms with Crippen LogP contribution in [0, 0.1) is 11.7 Å². The second-order valence-electron chi connectivity index (χ2n) is 4.95. The van der Waals surface area contributed by atoms with Gasteiger partial charge in [-0.15, -0.1) is 0 Å².